The number of nitrogens with one attached hydrogen (secondary N) is 2. The molecular formula is C14H19F3N2. The number of alkyl halides is 3. The molecule has 0 aliphatic carbocycles. The monoisotopic (exact) mass is 272 g/mol. The molecule has 1 fully saturated rings. The van der Waals surface area contributed by atoms with Gasteiger partial charge in [0.15, 0.2) is 0 Å². The van der Waals surface area contributed by atoms with Crippen LogP contribution < -0.4 is 10.6 Å². The first-order chi connectivity index (χ1) is 8.97. The van der Waals surface area contributed by atoms with Crippen LogP contribution in [-0.4, -0.2) is 19.1 Å². The van der Waals surface area contributed by atoms with Crippen LogP contribution in [-0.2, 0) is 6.18 Å². The van der Waals surface area contributed by atoms with E-state index in [1.54, 1.807) is 0 Å². The van der Waals surface area contributed by atoms with Gasteiger partial charge in [-0.15, -0.1) is 0 Å². The summed E-state index contributed by atoms with van der Waals surface area (Å²) in [5.41, 5.74) is 0.809. The van der Waals surface area contributed by atoms with E-state index < -0.39 is 11.7 Å². The smallest absolute Gasteiger partial charge is 0.383 e. The van der Waals surface area contributed by atoms with E-state index in [4.69, 9.17) is 0 Å². The zero-order valence-electron chi connectivity index (χ0n) is 11.0. The molecule has 0 spiro atoms. The lowest BCUT2D eigenvalue weighted by atomic mass is 10.0. The van der Waals surface area contributed by atoms with Gasteiger partial charge in [-0.1, -0.05) is 12.5 Å². The molecule has 1 aliphatic heterocycles. The minimum Gasteiger partial charge on any atom is -0.383 e. The van der Waals surface area contributed by atoms with Gasteiger partial charge in [-0.3, -0.25) is 0 Å². The molecule has 106 valence electrons. The second-order valence-corrected chi connectivity index (χ2v) is 5.06. The molecule has 1 aromatic carbocycles. The van der Waals surface area contributed by atoms with Crippen LogP contribution in [0.4, 0.5) is 18.9 Å². The third kappa shape index (κ3) is 3.86. The fraction of sp³-hybridized carbons (Fsp3) is 0.571. The van der Waals surface area contributed by atoms with Crippen molar-refractivity contribution in [2.45, 2.75) is 38.4 Å². The molecular weight excluding hydrogens is 253 g/mol. The Bertz CT molecular complexity index is 423. The van der Waals surface area contributed by atoms with Crippen molar-refractivity contribution in [3.63, 3.8) is 0 Å². The van der Waals surface area contributed by atoms with Gasteiger partial charge in [0, 0.05) is 18.3 Å². The summed E-state index contributed by atoms with van der Waals surface area (Å²) in [4.78, 5) is 0. The van der Waals surface area contributed by atoms with E-state index in [-0.39, 0.29) is 0 Å². The molecule has 0 amide bonds. The van der Waals surface area contributed by atoms with Gasteiger partial charge in [0.25, 0.3) is 0 Å². The quantitative estimate of drug-likeness (QED) is 0.879. The van der Waals surface area contributed by atoms with E-state index in [9.17, 15) is 13.2 Å². The summed E-state index contributed by atoms with van der Waals surface area (Å²) in [7, 11) is 0. The average molecular weight is 272 g/mol. The molecule has 5 heteroatoms. The number of piperidine rings is 1. The Kier molecular flexibility index (Phi) is 4.34. The first-order valence-corrected chi connectivity index (χ1v) is 6.62. The fourth-order valence-corrected chi connectivity index (χ4v) is 2.32. The molecule has 1 heterocycles. The Morgan fingerprint density at radius 3 is 2.74 bits per heavy atom. The topological polar surface area (TPSA) is 24.1 Å². The molecule has 1 unspecified atom stereocenters. The molecule has 2 N–H and O–H groups in total. The summed E-state index contributed by atoms with van der Waals surface area (Å²) in [6.07, 6.45) is -0.849. The number of anilines is 1. The lowest BCUT2D eigenvalue weighted by Gasteiger charge is -2.24. The van der Waals surface area contributed by atoms with E-state index in [0.29, 0.717) is 18.3 Å². The normalized spacial score (nSPS) is 20.3. The van der Waals surface area contributed by atoms with Gasteiger partial charge >= 0.3 is 6.18 Å². The highest BCUT2D eigenvalue weighted by molar-refractivity contribution is 5.53. The molecule has 2 nitrogen and oxygen atoms in total. The van der Waals surface area contributed by atoms with Crippen LogP contribution in [0.15, 0.2) is 18.2 Å². The van der Waals surface area contributed by atoms with E-state index in [2.05, 4.69) is 10.6 Å². The number of rotatable bonds is 3. The first-order valence-electron chi connectivity index (χ1n) is 6.62. The molecule has 1 aliphatic rings. The van der Waals surface area contributed by atoms with E-state index in [0.717, 1.165) is 24.6 Å². The molecule has 1 aromatic rings. The van der Waals surface area contributed by atoms with Gasteiger partial charge in [-0.25, -0.2) is 0 Å². The van der Waals surface area contributed by atoms with E-state index in [1.165, 1.54) is 25.0 Å². The van der Waals surface area contributed by atoms with E-state index >= 15 is 0 Å². The van der Waals surface area contributed by atoms with Crippen LogP contribution in [0.2, 0.25) is 0 Å². The highest BCUT2D eigenvalue weighted by atomic mass is 19.4. The Morgan fingerprint density at radius 2 is 2.11 bits per heavy atom. The molecule has 2 rings (SSSR count). The number of hydrogen-bond donors (Lipinski definition) is 2. The summed E-state index contributed by atoms with van der Waals surface area (Å²) >= 11 is 0. The van der Waals surface area contributed by atoms with Crippen molar-refractivity contribution in [2.75, 3.05) is 18.4 Å². The maximum Gasteiger partial charge on any atom is 0.416 e. The Balaban J connectivity index is 2.02. The zero-order chi connectivity index (χ0) is 13.9. The highest BCUT2D eigenvalue weighted by Crippen LogP contribution is 2.32. The van der Waals surface area contributed by atoms with Gasteiger partial charge in [-0.05, 0) is 44.0 Å². The third-order valence-corrected chi connectivity index (χ3v) is 3.52. The summed E-state index contributed by atoms with van der Waals surface area (Å²) in [6, 6.07) is 4.18. The summed E-state index contributed by atoms with van der Waals surface area (Å²) < 4.78 is 38.0. The predicted octanol–water partition coefficient (Wildman–Crippen LogP) is 3.57. The van der Waals surface area contributed by atoms with Gasteiger partial charge in [0.05, 0.1) is 5.56 Å². The maximum atomic E-state index is 12.7. The van der Waals surface area contributed by atoms with Crippen LogP contribution in [0.5, 0.6) is 0 Å². The van der Waals surface area contributed by atoms with Crippen molar-refractivity contribution in [3.8, 4) is 0 Å². The second kappa shape index (κ2) is 5.82. The molecule has 0 bridgehead atoms. The second-order valence-electron chi connectivity index (χ2n) is 5.06. The van der Waals surface area contributed by atoms with Gasteiger partial charge in [0.2, 0.25) is 0 Å². The standard InChI is InChI=1S/C14H19F3N2/c1-10-5-6-11(14(15,16)17)8-13(10)19-9-12-4-2-3-7-18-12/h5-6,8,12,18-19H,2-4,7,9H2,1H3. The SMILES string of the molecule is Cc1ccc(C(F)(F)F)cc1NCC1CCCCN1. The maximum absolute atomic E-state index is 12.7. The van der Waals surface area contributed by atoms with Gasteiger partial charge in [0.1, 0.15) is 0 Å². The van der Waals surface area contributed by atoms with Crippen molar-refractivity contribution in [3.05, 3.63) is 29.3 Å². The fourth-order valence-electron chi connectivity index (χ4n) is 2.32. The van der Waals surface area contributed by atoms with Crippen LogP contribution >= 0.6 is 0 Å². The lowest BCUT2D eigenvalue weighted by molar-refractivity contribution is -0.137. The summed E-state index contributed by atoms with van der Waals surface area (Å²) in [5, 5.41) is 6.50. The minimum absolute atomic E-state index is 0.350. The van der Waals surface area contributed by atoms with E-state index in [1.807, 2.05) is 6.92 Å². The summed E-state index contributed by atoms with van der Waals surface area (Å²) in [6.45, 7) is 3.48. The zero-order valence-corrected chi connectivity index (χ0v) is 11.0. The molecule has 19 heavy (non-hydrogen) atoms. The first kappa shape index (κ1) is 14.2. The van der Waals surface area contributed by atoms with Crippen molar-refractivity contribution >= 4 is 5.69 Å². The Morgan fingerprint density at radius 1 is 1.32 bits per heavy atom. The van der Waals surface area contributed by atoms with Crippen molar-refractivity contribution in [2.24, 2.45) is 0 Å². The number of halogens is 3. The molecule has 0 saturated carbocycles. The van der Waals surface area contributed by atoms with Crippen LogP contribution in [0, 0.1) is 6.92 Å². The molecule has 0 radical (unpaired) electrons. The van der Waals surface area contributed by atoms with Crippen LogP contribution in [0.3, 0.4) is 0 Å². The third-order valence-electron chi connectivity index (χ3n) is 3.52. The number of benzene rings is 1. The number of hydrogen-bond acceptors (Lipinski definition) is 2. The van der Waals surface area contributed by atoms with Crippen LogP contribution in [0.25, 0.3) is 0 Å². The molecule has 0 aromatic heterocycles. The predicted molar refractivity (Wildman–Crippen MR) is 70.3 cm³/mol. The Labute approximate surface area is 111 Å². The van der Waals surface area contributed by atoms with Crippen molar-refractivity contribution in [1.82, 2.24) is 5.32 Å². The summed E-state index contributed by atoms with van der Waals surface area (Å²) in [5.74, 6) is 0. The van der Waals surface area contributed by atoms with Gasteiger partial charge < -0.3 is 10.6 Å². The Hall–Kier alpha value is -1.23. The average Bonchev–Trinajstić information content (AvgIpc) is 2.37. The number of aryl methyl sites for hydroxylation is 1. The van der Waals surface area contributed by atoms with Crippen molar-refractivity contribution < 1.29 is 13.2 Å². The lowest BCUT2D eigenvalue weighted by Crippen LogP contribution is -2.39. The minimum atomic E-state index is -4.28. The largest absolute Gasteiger partial charge is 0.416 e. The van der Waals surface area contributed by atoms with Gasteiger partial charge in [-0.2, -0.15) is 13.2 Å². The molecule has 1 atom stereocenters. The van der Waals surface area contributed by atoms with Crippen molar-refractivity contribution in [1.29, 1.82) is 0 Å². The van der Waals surface area contributed by atoms with Crippen LogP contribution in [0.1, 0.15) is 30.4 Å². The molecule has 1 saturated heterocycles. The highest BCUT2D eigenvalue weighted by Gasteiger charge is 2.30.